The second kappa shape index (κ2) is 6.14. The molecule has 1 unspecified atom stereocenters. The minimum atomic E-state index is -3.33. The highest BCUT2D eigenvalue weighted by molar-refractivity contribution is 7.89. The van der Waals surface area contributed by atoms with Gasteiger partial charge in [0.2, 0.25) is 15.9 Å². The van der Waals surface area contributed by atoms with Gasteiger partial charge in [-0.2, -0.15) is 4.31 Å². The van der Waals surface area contributed by atoms with Gasteiger partial charge in [-0.25, -0.2) is 13.2 Å². The number of carboxylic acid groups (broad SMARTS) is 1. The maximum Gasteiger partial charge on any atom is 0.326 e. The Bertz CT molecular complexity index is 420. The van der Waals surface area contributed by atoms with E-state index >= 15 is 0 Å². The molecule has 0 aromatic heterocycles. The fourth-order valence-electron chi connectivity index (χ4n) is 1.82. The fourth-order valence-corrected chi connectivity index (χ4v) is 3.29. The van der Waals surface area contributed by atoms with Crippen LogP contribution in [-0.2, 0) is 19.6 Å². The molecule has 1 saturated heterocycles. The van der Waals surface area contributed by atoms with Crippen molar-refractivity contribution in [3.63, 3.8) is 0 Å². The average Bonchev–Trinajstić information content (AvgIpc) is 2.57. The molecule has 104 valence electrons. The molecule has 0 radical (unpaired) electrons. The Hall–Kier alpha value is -1.15. The molecular formula is C10H18N2O5S. The Morgan fingerprint density at radius 3 is 2.56 bits per heavy atom. The zero-order valence-corrected chi connectivity index (χ0v) is 11.1. The molecule has 0 saturated carbocycles. The first-order valence-corrected chi connectivity index (χ1v) is 7.47. The molecule has 2 N–H and O–H groups in total. The summed E-state index contributed by atoms with van der Waals surface area (Å²) in [5, 5.41) is 11.2. The maximum absolute atomic E-state index is 11.6. The van der Waals surface area contributed by atoms with Crippen molar-refractivity contribution in [3.8, 4) is 0 Å². The van der Waals surface area contributed by atoms with Crippen molar-refractivity contribution in [1.29, 1.82) is 0 Å². The molecule has 1 aliphatic heterocycles. The Morgan fingerprint density at radius 1 is 1.44 bits per heavy atom. The van der Waals surface area contributed by atoms with Crippen molar-refractivity contribution >= 4 is 21.9 Å². The molecule has 1 atom stereocenters. The molecule has 0 spiro atoms. The molecule has 1 rings (SSSR count). The highest BCUT2D eigenvalue weighted by Crippen LogP contribution is 2.12. The van der Waals surface area contributed by atoms with E-state index in [1.165, 1.54) is 0 Å². The van der Waals surface area contributed by atoms with Gasteiger partial charge in [-0.05, 0) is 12.8 Å². The third-order valence-corrected chi connectivity index (χ3v) is 4.64. The van der Waals surface area contributed by atoms with Gasteiger partial charge in [-0.1, -0.05) is 13.3 Å². The predicted octanol–water partition coefficient (Wildman–Crippen LogP) is -0.609. The van der Waals surface area contributed by atoms with E-state index in [0.29, 0.717) is 25.8 Å². The number of hydrogen-bond donors (Lipinski definition) is 2. The number of sulfonamides is 1. The number of rotatable bonds is 6. The van der Waals surface area contributed by atoms with E-state index in [-0.39, 0.29) is 12.3 Å². The highest BCUT2D eigenvalue weighted by Gasteiger charge is 2.30. The summed E-state index contributed by atoms with van der Waals surface area (Å²) in [6, 6.07) is -0.951. The van der Waals surface area contributed by atoms with Gasteiger partial charge in [0.25, 0.3) is 0 Å². The van der Waals surface area contributed by atoms with Crippen molar-refractivity contribution in [2.45, 2.75) is 32.2 Å². The fraction of sp³-hybridized carbons (Fsp3) is 0.800. The van der Waals surface area contributed by atoms with Crippen molar-refractivity contribution in [2.75, 3.05) is 18.8 Å². The van der Waals surface area contributed by atoms with Gasteiger partial charge in [0.1, 0.15) is 6.04 Å². The third-order valence-electron chi connectivity index (χ3n) is 2.73. The van der Waals surface area contributed by atoms with E-state index in [0.717, 1.165) is 4.31 Å². The number of carbonyl (C=O) groups is 2. The van der Waals surface area contributed by atoms with Crippen molar-refractivity contribution in [2.24, 2.45) is 0 Å². The number of hydrogen-bond acceptors (Lipinski definition) is 4. The Morgan fingerprint density at radius 2 is 2.11 bits per heavy atom. The lowest BCUT2D eigenvalue weighted by Gasteiger charge is -2.17. The Balaban J connectivity index is 2.53. The van der Waals surface area contributed by atoms with Gasteiger partial charge in [-0.3, -0.25) is 4.79 Å². The standard InChI is InChI=1S/C10H18N2O5S/c1-2-4-8(10(14)15)11-9(13)7-12-5-3-6-18(12,16)17/h8H,2-7H2,1H3,(H,11,13)(H,14,15). The van der Waals surface area contributed by atoms with E-state index in [4.69, 9.17) is 5.11 Å². The number of carboxylic acids is 1. The maximum atomic E-state index is 11.6. The third kappa shape index (κ3) is 3.95. The van der Waals surface area contributed by atoms with Crippen molar-refractivity contribution < 1.29 is 23.1 Å². The second-order valence-electron chi connectivity index (χ2n) is 4.25. The molecule has 0 aromatic carbocycles. The molecule has 8 heteroatoms. The molecule has 1 fully saturated rings. The van der Waals surface area contributed by atoms with Crippen LogP contribution in [0.25, 0.3) is 0 Å². The van der Waals surface area contributed by atoms with E-state index in [1.807, 2.05) is 6.92 Å². The van der Waals surface area contributed by atoms with Gasteiger partial charge in [0.05, 0.1) is 12.3 Å². The Labute approximate surface area is 106 Å². The summed E-state index contributed by atoms with van der Waals surface area (Å²) in [7, 11) is -3.33. The summed E-state index contributed by atoms with van der Waals surface area (Å²) in [5.74, 6) is -1.62. The zero-order valence-electron chi connectivity index (χ0n) is 10.3. The van der Waals surface area contributed by atoms with Crippen LogP contribution in [0.2, 0.25) is 0 Å². The number of amides is 1. The van der Waals surface area contributed by atoms with E-state index in [2.05, 4.69) is 5.32 Å². The van der Waals surface area contributed by atoms with Crippen LogP contribution in [0.5, 0.6) is 0 Å². The topological polar surface area (TPSA) is 104 Å². The highest BCUT2D eigenvalue weighted by atomic mass is 32.2. The summed E-state index contributed by atoms with van der Waals surface area (Å²) >= 11 is 0. The minimum Gasteiger partial charge on any atom is -0.480 e. The quantitative estimate of drug-likeness (QED) is 0.674. The first-order chi connectivity index (χ1) is 8.36. The molecular weight excluding hydrogens is 260 g/mol. The molecule has 0 aliphatic carbocycles. The molecule has 1 heterocycles. The van der Waals surface area contributed by atoms with Crippen LogP contribution >= 0.6 is 0 Å². The molecule has 18 heavy (non-hydrogen) atoms. The summed E-state index contributed by atoms with van der Waals surface area (Å²) in [6.07, 6.45) is 1.46. The smallest absolute Gasteiger partial charge is 0.326 e. The van der Waals surface area contributed by atoms with E-state index < -0.39 is 27.9 Å². The lowest BCUT2D eigenvalue weighted by atomic mass is 10.1. The van der Waals surface area contributed by atoms with Gasteiger partial charge < -0.3 is 10.4 Å². The second-order valence-corrected chi connectivity index (χ2v) is 6.34. The van der Waals surface area contributed by atoms with Gasteiger partial charge >= 0.3 is 5.97 Å². The molecule has 1 amide bonds. The zero-order chi connectivity index (χ0) is 13.8. The summed E-state index contributed by atoms with van der Waals surface area (Å²) < 4.78 is 24.0. The van der Waals surface area contributed by atoms with Gasteiger partial charge in [0, 0.05) is 6.54 Å². The normalized spacial score (nSPS) is 20.5. The van der Waals surface area contributed by atoms with Gasteiger partial charge in [0.15, 0.2) is 0 Å². The molecule has 0 aromatic rings. The lowest BCUT2D eigenvalue weighted by molar-refractivity contribution is -0.142. The summed E-state index contributed by atoms with van der Waals surface area (Å²) in [5.41, 5.74) is 0. The molecule has 1 aliphatic rings. The number of aliphatic carboxylic acids is 1. The first-order valence-electron chi connectivity index (χ1n) is 5.87. The van der Waals surface area contributed by atoms with Crippen LogP contribution < -0.4 is 5.32 Å². The predicted molar refractivity (Wildman–Crippen MR) is 64.5 cm³/mol. The summed E-state index contributed by atoms with van der Waals surface area (Å²) in [4.78, 5) is 22.4. The average molecular weight is 278 g/mol. The minimum absolute atomic E-state index is 0.0532. The molecule has 7 nitrogen and oxygen atoms in total. The number of carbonyl (C=O) groups excluding carboxylic acids is 1. The van der Waals surface area contributed by atoms with Crippen LogP contribution in [0.1, 0.15) is 26.2 Å². The SMILES string of the molecule is CCCC(NC(=O)CN1CCCS1(=O)=O)C(=O)O. The van der Waals surface area contributed by atoms with Crippen molar-refractivity contribution in [1.82, 2.24) is 9.62 Å². The number of nitrogens with one attached hydrogen (secondary N) is 1. The van der Waals surface area contributed by atoms with Crippen LogP contribution in [0, 0.1) is 0 Å². The van der Waals surface area contributed by atoms with E-state index in [1.54, 1.807) is 0 Å². The first kappa shape index (κ1) is 14.9. The lowest BCUT2D eigenvalue weighted by Crippen LogP contribution is -2.45. The molecule has 0 bridgehead atoms. The largest absolute Gasteiger partial charge is 0.480 e. The van der Waals surface area contributed by atoms with Crippen LogP contribution in [0.15, 0.2) is 0 Å². The van der Waals surface area contributed by atoms with Crippen LogP contribution in [-0.4, -0.2) is 54.6 Å². The number of nitrogens with zero attached hydrogens (tertiary/aromatic N) is 1. The summed E-state index contributed by atoms with van der Waals surface area (Å²) in [6.45, 7) is 1.84. The van der Waals surface area contributed by atoms with Gasteiger partial charge in [-0.15, -0.1) is 0 Å². The Kier molecular flexibility index (Phi) is 5.09. The van der Waals surface area contributed by atoms with E-state index in [9.17, 15) is 18.0 Å². The van der Waals surface area contributed by atoms with Crippen molar-refractivity contribution in [3.05, 3.63) is 0 Å². The monoisotopic (exact) mass is 278 g/mol. The van der Waals surface area contributed by atoms with Crippen LogP contribution in [0.3, 0.4) is 0 Å². The van der Waals surface area contributed by atoms with Crippen LogP contribution in [0.4, 0.5) is 0 Å².